The first-order chi connectivity index (χ1) is 5.31. The van der Waals surface area contributed by atoms with Gasteiger partial charge in [0.1, 0.15) is 5.15 Å². The van der Waals surface area contributed by atoms with Crippen LogP contribution in [0.5, 0.6) is 0 Å². The van der Waals surface area contributed by atoms with E-state index in [4.69, 9.17) is 11.6 Å². The van der Waals surface area contributed by atoms with Gasteiger partial charge >= 0.3 is 0 Å². The summed E-state index contributed by atoms with van der Waals surface area (Å²) in [5, 5.41) is 5.15. The molecule has 0 bridgehead atoms. The van der Waals surface area contributed by atoms with Crippen molar-refractivity contribution in [3.63, 3.8) is 0 Å². The van der Waals surface area contributed by atoms with Gasteiger partial charge in [-0.3, -0.25) is 4.68 Å². The molecule has 0 aliphatic heterocycles. The first-order valence-corrected chi connectivity index (χ1v) is 4.42. The molecular formula is C8H11ClN2. The number of aromatic nitrogens is 2. The Morgan fingerprint density at radius 3 is 2.91 bits per heavy atom. The Kier molecular flexibility index (Phi) is 1.64. The lowest BCUT2D eigenvalue weighted by atomic mass is 10.3. The van der Waals surface area contributed by atoms with Crippen LogP contribution >= 0.6 is 11.6 Å². The molecule has 0 aromatic carbocycles. The van der Waals surface area contributed by atoms with Gasteiger partial charge in [0.25, 0.3) is 0 Å². The highest BCUT2D eigenvalue weighted by Crippen LogP contribution is 2.39. The summed E-state index contributed by atoms with van der Waals surface area (Å²) in [6.07, 6.45) is 2.58. The van der Waals surface area contributed by atoms with Crippen molar-refractivity contribution in [1.29, 1.82) is 0 Å². The zero-order valence-corrected chi connectivity index (χ0v) is 7.30. The van der Waals surface area contributed by atoms with Crippen LogP contribution in [-0.4, -0.2) is 9.78 Å². The van der Waals surface area contributed by atoms with Crippen molar-refractivity contribution in [1.82, 2.24) is 9.78 Å². The fourth-order valence-corrected chi connectivity index (χ4v) is 1.48. The second-order valence-electron chi connectivity index (χ2n) is 2.98. The zero-order chi connectivity index (χ0) is 7.84. The van der Waals surface area contributed by atoms with Crippen LogP contribution in [0.2, 0.25) is 5.15 Å². The molecule has 0 spiro atoms. The summed E-state index contributed by atoms with van der Waals surface area (Å²) in [4.78, 5) is 0. The molecule has 0 saturated heterocycles. The molecular weight excluding hydrogens is 160 g/mol. The van der Waals surface area contributed by atoms with E-state index in [1.54, 1.807) is 0 Å². The van der Waals surface area contributed by atoms with Gasteiger partial charge in [-0.25, -0.2) is 0 Å². The average Bonchev–Trinajstić information content (AvgIpc) is 2.76. The van der Waals surface area contributed by atoms with Gasteiger partial charge in [0.05, 0.1) is 5.69 Å². The SMILES string of the molecule is CCn1nc(C2CC2)cc1Cl. The molecule has 0 atom stereocenters. The normalized spacial score (nSPS) is 17.3. The molecule has 1 saturated carbocycles. The van der Waals surface area contributed by atoms with Crippen LogP contribution in [0.3, 0.4) is 0 Å². The Hall–Kier alpha value is -0.500. The summed E-state index contributed by atoms with van der Waals surface area (Å²) < 4.78 is 1.84. The smallest absolute Gasteiger partial charge is 0.127 e. The van der Waals surface area contributed by atoms with Crippen molar-refractivity contribution in [2.45, 2.75) is 32.2 Å². The van der Waals surface area contributed by atoms with Crippen molar-refractivity contribution in [2.24, 2.45) is 0 Å². The molecule has 1 aliphatic carbocycles. The highest BCUT2D eigenvalue weighted by Gasteiger charge is 2.26. The molecule has 1 aromatic rings. The Morgan fingerprint density at radius 1 is 1.73 bits per heavy atom. The van der Waals surface area contributed by atoms with Gasteiger partial charge in [0, 0.05) is 12.5 Å². The topological polar surface area (TPSA) is 17.8 Å². The van der Waals surface area contributed by atoms with Gasteiger partial charge in [-0.2, -0.15) is 5.10 Å². The first kappa shape index (κ1) is 7.17. The minimum atomic E-state index is 0.709. The van der Waals surface area contributed by atoms with E-state index in [0.29, 0.717) is 5.92 Å². The Labute approximate surface area is 71.2 Å². The highest BCUT2D eigenvalue weighted by atomic mass is 35.5. The van der Waals surface area contributed by atoms with Gasteiger partial charge in [-0.1, -0.05) is 11.6 Å². The molecule has 2 rings (SSSR count). The first-order valence-electron chi connectivity index (χ1n) is 4.04. The Balaban J connectivity index is 2.28. The second kappa shape index (κ2) is 2.52. The lowest BCUT2D eigenvalue weighted by Gasteiger charge is -1.94. The second-order valence-corrected chi connectivity index (χ2v) is 3.37. The predicted molar refractivity (Wildman–Crippen MR) is 44.9 cm³/mol. The molecule has 1 aromatic heterocycles. The van der Waals surface area contributed by atoms with Crippen LogP contribution < -0.4 is 0 Å². The summed E-state index contributed by atoms with van der Waals surface area (Å²) in [5.41, 5.74) is 1.18. The fourth-order valence-electron chi connectivity index (χ4n) is 1.21. The lowest BCUT2D eigenvalue weighted by molar-refractivity contribution is 0.648. The Morgan fingerprint density at radius 2 is 2.45 bits per heavy atom. The van der Waals surface area contributed by atoms with Crippen LogP contribution in [-0.2, 0) is 6.54 Å². The van der Waals surface area contributed by atoms with E-state index in [9.17, 15) is 0 Å². The average molecular weight is 171 g/mol. The minimum absolute atomic E-state index is 0.709. The molecule has 0 N–H and O–H groups in total. The highest BCUT2D eigenvalue weighted by molar-refractivity contribution is 6.29. The monoisotopic (exact) mass is 170 g/mol. The number of rotatable bonds is 2. The van der Waals surface area contributed by atoms with Crippen molar-refractivity contribution in [3.05, 3.63) is 16.9 Å². The van der Waals surface area contributed by atoms with Gasteiger partial charge in [0.2, 0.25) is 0 Å². The van der Waals surface area contributed by atoms with E-state index in [0.717, 1.165) is 11.7 Å². The number of halogens is 1. The molecule has 1 fully saturated rings. The minimum Gasteiger partial charge on any atom is -0.254 e. The zero-order valence-electron chi connectivity index (χ0n) is 6.55. The molecule has 0 amide bonds. The Bertz CT molecular complexity index is 263. The molecule has 1 heterocycles. The molecule has 1 aliphatic rings. The van der Waals surface area contributed by atoms with Crippen molar-refractivity contribution >= 4 is 11.6 Å². The van der Waals surface area contributed by atoms with Gasteiger partial charge in [-0.15, -0.1) is 0 Å². The van der Waals surface area contributed by atoms with Crippen molar-refractivity contribution in [2.75, 3.05) is 0 Å². The van der Waals surface area contributed by atoms with E-state index in [2.05, 4.69) is 12.0 Å². The number of aryl methyl sites for hydroxylation is 1. The maximum Gasteiger partial charge on any atom is 0.127 e. The molecule has 3 heteroatoms. The van der Waals surface area contributed by atoms with Crippen LogP contribution in [0.4, 0.5) is 0 Å². The van der Waals surface area contributed by atoms with Gasteiger partial charge in [0.15, 0.2) is 0 Å². The third-order valence-corrected chi connectivity index (χ3v) is 2.35. The predicted octanol–water partition coefficient (Wildman–Crippen LogP) is 2.43. The van der Waals surface area contributed by atoms with Crippen LogP contribution in [0, 0.1) is 0 Å². The summed E-state index contributed by atoms with van der Waals surface area (Å²) in [6.45, 7) is 2.92. The van der Waals surface area contributed by atoms with Crippen molar-refractivity contribution < 1.29 is 0 Å². The van der Waals surface area contributed by atoms with Crippen LogP contribution in [0.25, 0.3) is 0 Å². The maximum absolute atomic E-state index is 5.92. The summed E-state index contributed by atoms with van der Waals surface area (Å²) in [6, 6.07) is 1.99. The molecule has 11 heavy (non-hydrogen) atoms. The molecule has 60 valence electrons. The van der Waals surface area contributed by atoms with Crippen LogP contribution in [0.15, 0.2) is 6.07 Å². The number of hydrogen-bond acceptors (Lipinski definition) is 1. The third kappa shape index (κ3) is 1.27. The van der Waals surface area contributed by atoms with E-state index >= 15 is 0 Å². The fraction of sp³-hybridized carbons (Fsp3) is 0.625. The summed E-state index contributed by atoms with van der Waals surface area (Å²) >= 11 is 5.92. The standard InChI is InChI=1S/C8H11ClN2/c1-2-11-8(9)5-7(10-11)6-3-4-6/h5-6H,2-4H2,1H3. The van der Waals surface area contributed by atoms with E-state index in [1.807, 2.05) is 10.7 Å². The van der Waals surface area contributed by atoms with E-state index < -0.39 is 0 Å². The van der Waals surface area contributed by atoms with Crippen molar-refractivity contribution in [3.8, 4) is 0 Å². The van der Waals surface area contributed by atoms with E-state index in [-0.39, 0.29) is 0 Å². The summed E-state index contributed by atoms with van der Waals surface area (Å²) in [7, 11) is 0. The van der Waals surface area contributed by atoms with Gasteiger partial charge < -0.3 is 0 Å². The lowest BCUT2D eigenvalue weighted by Crippen LogP contribution is -1.96. The van der Waals surface area contributed by atoms with E-state index in [1.165, 1.54) is 18.5 Å². The number of nitrogens with zero attached hydrogens (tertiary/aromatic N) is 2. The molecule has 2 nitrogen and oxygen atoms in total. The third-order valence-electron chi connectivity index (χ3n) is 2.04. The number of hydrogen-bond donors (Lipinski definition) is 0. The quantitative estimate of drug-likeness (QED) is 0.667. The molecule has 0 radical (unpaired) electrons. The molecule has 0 unspecified atom stereocenters. The van der Waals surface area contributed by atoms with Crippen LogP contribution in [0.1, 0.15) is 31.4 Å². The van der Waals surface area contributed by atoms with Gasteiger partial charge in [-0.05, 0) is 25.8 Å². The largest absolute Gasteiger partial charge is 0.254 e. The maximum atomic E-state index is 5.92. The summed E-state index contributed by atoms with van der Waals surface area (Å²) in [5.74, 6) is 0.709.